The molecule has 5 saturated heterocycles. The molecule has 4 aliphatic carbocycles. The number of hydrogen-bond acceptors (Lipinski definition) is 18. The highest BCUT2D eigenvalue weighted by Crippen LogP contribution is 2.70. The number of aliphatic hydroxyl groups is 10. The van der Waals surface area contributed by atoms with Gasteiger partial charge in [0.2, 0.25) is 0 Å². The van der Waals surface area contributed by atoms with Crippen molar-refractivity contribution >= 4 is 0 Å². The lowest BCUT2D eigenvalue weighted by molar-refractivity contribution is -0.360. The van der Waals surface area contributed by atoms with Gasteiger partial charge in [0.05, 0.1) is 44.7 Å². The number of rotatable bonds is 9. The van der Waals surface area contributed by atoms with Crippen LogP contribution in [0.2, 0.25) is 0 Å². The Kier molecular flexibility index (Phi) is 13.3. The minimum Gasteiger partial charge on any atom is -0.394 e. The third kappa shape index (κ3) is 7.90. The fourth-order valence-corrected chi connectivity index (χ4v) is 14.1. The second-order valence-corrected chi connectivity index (χ2v) is 21.1. The van der Waals surface area contributed by atoms with Gasteiger partial charge in [-0.2, -0.15) is 0 Å². The first-order valence-corrected chi connectivity index (χ1v) is 23.5. The number of ether oxygens (including phenoxy) is 8. The van der Waals surface area contributed by atoms with E-state index in [0.717, 1.165) is 51.4 Å². The monoisotopic (exact) mass is 900 g/mol. The summed E-state index contributed by atoms with van der Waals surface area (Å²) in [5.74, 6) is 1.44. The number of fused-ring (bicyclic) bond motifs is 7. The van der Waals surface area contributed by atoms with Crippen molar-refractivity contribution in [1.29, 1.82) is 0 Å². The van der Waals surface area contributed by atoms with E-state index in [9.17, 15) is 51.1 Å². The molecule has 1 spiro atoms. The van der Waals surface area contributed by atoms with Gasteiger partial charge in [-0.15, -0.1) is 0 Å². The number of hydrogen-bond donors (Lipinski definition) is 10. The third-order valence-electron chi connectivity index (χ3n) is 17.8. The number of aliphatic hydroxyl groups excluding tert-OH is 10. The SMILES string of the molecule is C[C@@H]1O[C@@H](O[C@H]2[C@H](O)[C@@H](O)[C@H](O[C@H]3CC[C@@]4(C)C(=CC[C@H]5[C@@H]6C[C@@H]7O[C@]8(CC[C@@H](CO[C@H]9O[C@H](CO)[C@@H](O)[C@H](O)[C@H]9O)CO8)[C@@H](C)[C@@H]7[C@@]6(C)CC[C@@H]54)C3)O[C@@H]2CO)[C@H](O)[C@H](O)[C@H]1O. The summed E-state index contributed by atoms with van der Waals surface area (Å²) in [5, 5.41) is 104. The van der Waals surface area contributed by atoms with Gasteiger partial charge in [0.25, 0.3) is 0 Å². The van der Waals surface area contributed by atoms with Crippen molar-refractivity contribution in [3.63, 3.8) is 0 Å². The summed E-state index contributed by atoms with van der Waals surface area (Å²) < 4.78 is 48.8. The molecule has 18 heteroatoms. The molecule has 18 nitrogen and oxygen atoms in total. The van der Waals surface area contributed by atoms with Crippen LogP contribution in [-0.4, -0.2) is 188 Å². The average Bonchev–Trinajstić information content (AvgIpc) is 3.72. The Morgan fingerprint density at radius 2 is 1.38 bits per heavy atom. The zero-order valence-electron chi connectivity index (χ0n) is 36.8. The first-order chi connectivity index (χ1) is 29.9. The van der Waals surface area contributed by atoms with Crippen molar-refractivity contribution in [1.82, 2.24) is 0 Å². The Hall–Kier alpha value is -0.980. The van der Waals surface area contributed by atoms with Crippen LogP contribution in [0.5, 0.6) is 0 Å². The van der Waals surface area contributed by atoms with E-state index in [1.165, 1.54) is 12.5 Å². The van der Waals surface area contributed by atoms with E-state index >= 15 is 0 Å². The molecule has 5 heterocycles. The molecule has 10 N–H and O–H groups in total. The van der Waals surface area contributed by atoms with Crippen LogP contribution in [0.3, 0.4) is 0 Å². The van der Waals surface area contributed by atoms with E-state index in [1.807, 2.05) is 0 Å². The van der Waals surface area contributed by atoms with Crippen LogP contribution in [0.4, 0.5) is 0 Å². The molecule has 0 aromatic carbocycles. The average molecular weight is 901 g/mol. The summed E-state index contributed by atoms with van der Waals surface area (Å²) in [5.41, 5.74) is 1.45. The highest BCUT2D eigenvalue weighted by molar-refractivity contribution is 5.26. The molecule has 5 aliphatic heterocycles. The second-order valence-electron chi connectivity index (χ2n) is 21.1. The van der Waals surface area contributed by atoms with Crippen molar-refractivity contribution in [3.05, 3.63) is 11.6 Å². The Labute approximate surface area is 368 Å². The normalized spacial score (nSPS) is 56.9. The highest BCUT2D eigenvalue weighted by Gasteiger charge is 2.69. The predicted molar refractivity (Wildman–Crippen MR) is 216 cm³/mol. The van der Waals surface area contributed by atoms with Crippen molar-refractivity contribution in [3.8, 4) is 0 Å². The zero-order valence-corrected chi connectivity index (χ0v) is 36.8. The largest absolute Gasteiger partial charge is 0.394 e. The van der Waals surface area contributed by atoms with Crippen molar-refractivity contribution < 1.29 is 89.0 Å². The van der Waals surface area contributed by atoms with Crippen LogP contribution in [0.15, 0.2) is 11.6 Å². The molecule has 0 radical (unpaired) electrons. The Morgan fingerprint density at radius 3 is 2.10 bits per heavy atom. The summed E-state index contributed by atoms with van der Waals surface area (Å²) in [6.07, 6.45) is -10.00. The van der Waals surface area contributed by atoms with Crippen LogP contribution in [0, 0.1) is 46.3 Å². The van der Waals surface area contributed by atoms with Gasteiger partial charge < -0.3 is 89.0 Å². The lowest BCUT2D eigenvalue weighted by Gasteiger charge is -2.58. The van der Waals surface area contributed by atoms with E-state index in [-0.39, 0.29) is 41.5 Å². The molecule has 3 saturated carbocycles. The summed E-state index contributed by atoms with van der Waals surface area (Å²) in [6.45, 7) is 8.25. The van der Waals surface area contributed by atoms with Crippen LogP contribution in [0.25, 0.3) is 0 Å². The topological polar surface area (TPSA) is 276 Å². The lowest BCUT2D eigenvalue weighted by atomic mass is 9.47. The minimum absolute atomic E-state index is 0.0110. The fourth-order valence-electron chi connectivity index (χ4n) is 14.1. The maximum atomic E-state index is 11.2. The molecule has 63 heavy (non-hydrogen) atoms. The molecule has 0 unspecified atom stereocenters. The Balaban J connectivity index is 0.793. The van der Waals surface area contributed by atoms with Crippen LogP contribution < -0.4 is 0 Å². The van der Waals surface area contributed by atoms with E-state index < -0.39 is 111 Å². The van der Waals surface area contributed by atoms with Gasteiger partial charge in [-0.25, -0.2) is 0 Å². The van der Waals surface area contributed by atoms with Gasteiger partial charge >= 0.3 is 0 Å². The summed E-state index contributed by atoms with van der Waals surface area (Å²) in [6, 6.07) is 0. The molecular weight excluding hydrogens is 828 g/mol. The van der Waals surface area contributed by atoms with Gasteiger partial charge in [-0.3, -0.25) is 0 Å². The fraction of sp³-hybridized carbons (Fsp3) is 0.956. The first-order valence-electron chi connectivity index (χ1n) is 23.5. The molecule has 360 valence electrons. The summed E-state index contributed by atoms with van der Waals surface area (Å²) >= 11 is 0. The van der Waals surface area contributed by atoms with Gasteiger partial charge in [0, 0.05) is 18.3 Å². The molecule has 9 aliphatic rings. The summed E-state index contributed by atoms with van der Waals surface area (Å²) in [7, 11) is 0. The molecule has 8 fully saturated rings. The molecule has 0 amide bonds. The predicted octanol–water partition coefficient (Wildman–Crippen LogP) is -0.813. The van der Waals surface area contributed by atoms with Gasteiger partial charge in [0.15, 0.2) is 24.7 Å². The second kappa shape index (κ2) is 17.8. The molecule has 9 rings (SSSR count). The van der Waals surface area contributed by atoms with Crippen LogP contribution >= 0.6 is 0 Å². The standard InChI is InChI=1S/C45H72O18/c1-19-30-27(63-45(19)12-7-21(18-57-45)17-56-40-36(53)34(51)32(49)28(15-46)60-40)14-26-24-6-5-22-13-23(8-10-43(22,3)25(24)9-11-44(26,30)4)59-42-38(55)35(52)39(29(16-47)61-42)62-41-37(54)33(50)31(48)20(2)58-41/h5,19-21,23-42,46-55H,6-18H2,1-4H3/t19-,20-,21-,23-,24+,25-,26-,27-,28+,29+,30-,31-,32+,33+,34-,35+,36+,37+,38+,39+,40-,41-,42+,43-,44-,45+/m0/s1. The molecule has 26 atom stereocenters. The highest BCUT2D eigenvalue weighted by atomic mass is 16.7. The smallest absolute Gasteiger partial charge is 0.187 e. The van der Waals surface area contributed by atoms with Gasteiger partial charge in [0.1, 0.15) is 67.1 Å². The van der Waals surface area contributed by atoms with E-state index in [1.54, 1.807) is 0 Å². The van der Waals surface area contributed by atoms with Crippen molar-refractivity contribution in [2.24, 2.45) is 46.3 Å². The van der Waals surface area contributed by atoms with E-state index in [4.69, 9.17) is 37.9 Å². The maximum absolute atomic E-state index is 11.2. The van der Waals surface area contributed by atoms with E-state index in [0.29, 0.717) is 36.7 Å². The molecule has 0 aromatic heterocycles. The van der Waals surface area contributed by atoms with Crippen molar-refractivity contribution in [2.45, 2.75) is 196 Å². The molecule has 0 aromatic rings. The lowest BCUT2D eigenvalue weighted by Crippen LogP contribution is -2.64. The summed E-state index contributed by atoms with van der Waals surface area (Å²) in [4.78, 5) is 0. The zero-order chi connectivity index (χ0) is 44.9. The Morgan fingerprint density at radius 1 is 0.698 bits per heavy atom. The van der Waals surface area contributed by atoms with Gasteiger partial charge in [-0.05, 0) is 92.8 Å². The first kappa shape index (κ1) is 47.1. The Bertz CT molecular complexity index is 1630. The van der Waals surface area contributed by atoms with Crippen LogP contribution in [-0.2, 0) is 37.9 Å². The maximum Gasteiger partial charge on any atom is 0.187 e. The number of allylic oxidation sites excluding steroid dienone is 1. The van der Waals surface area contributed by atoms with Crippen LogP contribution in [0.1, 0.15) is 85.5 Å². The minimum atomic E-state index is -1.64. The van der Waals surface area contributed by atoms with Crippen molar-refractivity contribution in [2.75, 3.05) is 26.4 Å². The van der Waals surface area contributed by atoms with Gasteiger partial charge in [-0.1, -0.05) is 32.4 Å². The molecule has 0 bridgehead atoms. The molecular formula is C45H72O18. The quantitative estimate of drug-likeness (QED) is 0.127. The third-order valence-corrected chi connectivity index (χ3v) is 17.8. The van der Waals surface area contributed by atoms with E-state index in [2.05, 4.69) is 26.8 Å².